The first-order valence-corrected chi connectivity index (χ1v) is 7.28. The minimum absolute atomic E-state index is 0.137. The molecule has 1 N–H and O–H groups in total. The number of benzene rings is 1. The van der Waals surface area contributed by atoms with Crippen molar-refractivity contribution in [2.75, 3.05) is 19.8 Å². The van der Waals surface area contributed by atoms with Gasteiger partial charge in [-0.05, 0) is 30.7 Å². The average molecular weight is 280 g/mol. The fraction of sp³-hybridized carbons (Fsp3) is 0.562. The van der Waals surface area contributed by atoms with Gasteiger partial charge >= 0.3 is 5.97 Å². The number of ether oxygens (including phenoxy) is 2. The molecule has 0 fully saturated rings. The second-order valence-corrected chi connectivity index (χ2v) is 4.71. The summed E-state index contributed by atoms with van der Waals surface area (Å²) >= 11 is 0. The van der Waals surface area contributed by atoms with Crippen molar-refractivity contribution in [3.05, 3.63) is 29.8 Å². The molecule has 112 valence electrons. The Hall–Kier alpha value is -1.55. The zero-order chi connectivity index (χ0) is 14.6. The summed E-state index contributed by atoms with van der Waals surface area (Å²) in [6.07, 6.45) is 5.51. The highest BCUT2D eigenvalue weighted by atomic mass is 16.5. The molecule has 4 nitrogen and oxygen atoms in total. The number of phenols is 1. The van der Waals surface area contributed by atoms with Gasteiger partial charge in [0.1, 0.15) is 5.75 Å². The minimum atomic E-state index is -0.368. The van der Waals surface area contributed by atoms with Crippen molar-refractivity contribution in [3.8, 4) is 5.75 Å². The molecule has 1 aromatic rings. The van der Waals surface area contributed by atoms with Crippen LogP contribution in [0.1, 0.15) is 49.4 Å². The second kappa shape index (κ2) is 10.3. The van der Waals surface area contributed by atoms with Gasteiger partial charge in [0.2, 0.25) is 0 Å². The zero-order valence-corrected chi connectivity index (χ0v) is 12.1. The first-order chi connectivity index (χ1) is 9.74. The first-order valence-electron chi connectivity index (χ1n) is 7.28. The van der Waals surface area contributed by atoms with Crippen LogP contribution in [-0.4, -0.2) is 30.9 Å². The predicted molar refractivity (Wildman–Crippen MR) is 78.0 cm³/mol. The van der Waals surface area contributed by atoms with Crippen LogP contribution in [-0.2, 0) is 9.47 Å². The maximum Gasteiger partial charge on any atom is 0.338 e. The average Bonchev–Trinajstić information content (AvgIpc) is 2.46. The number of carbonyl (C=O) groups excluding carboxylic acids is 1. The van der Waals surface area contributed by atoms with Crippen molar-refractivity contribution in [1.82, 2.24) is 0 Å². The Morgan fingerprint density at radius 3 is 2.40 bits per heavy atom. The van der Waals surface area contributed by atoms with Crippen molar-refractivity contribution in [2.45, 2.75) is 39.0 Å². The summed E-state index contributed by atoms with van der Waals surface area (Å²) in [5.41, 5.74) is 0.447. The van der Waals surface area contributed by atoms with Gasteiger partial charge in [-0.3, -0.25) is 0 Å². The zero-order valence-electron chi connectivity index (χ0n) is 12.1. The van der Waals surface area contributed by atoms with Gasteiger partial charge in [0.15, 0.2) is 0 Å². The van der Waals surface area contributed by atoms with Crippen LogP contribution in [0.5, 0.6) is 5.75 Å². The SMILES string of the molecule is CCCCCCOCCCOC(=O)c1ccc(O)cc1. The first kappa shape index (κ1) is 16.5. The molecule has 20 heavy (non-hydrogen) atoms. The van der Waals surface area contributed by atoms with Crippen LogP contribution in [0, 0.1) is 0 Å². The fourth-order valence-electron chi connectivity index (χ4n) is 1.74. The summed E-state index contributed by atoms with van der Waals surface area (Å²) in [6, 6.07) is 6.02. The molecule has 0 aliphatic heterocycles. The molecular weight excluding hydrogens is 256 g/mol. The number of hydrogen-bond donors (Lipinski definition) is 1. The van der Waals surface area contributed by atoms with E-state index in [1.807, 2.05) is 0 Å². The summed E-state index contributed by atoms with van der Waals surface area (Å²) in [5, 5.41) is 9.12. The van der Waals surface area contributed by atoms with Crippen molar-refractivity contribution < 1.29 is 19.4 Å². The van der Waals surface area contributed by atoms with E-state index in [1.54, 1.807) is 12.1 Å². The van der Waals surface area contributed by atoms with E-state index in [0.29, 0.717) is 25.2 Å². The van der Waals surface area contributed by atoms with E-state index in [1.165, 1.54) is 31.4 Å². The van der Waals surface area contributed by atoms with E-state index in [9.17, 15) is 4.79 Å². The molecule has 0 unspecified atom stereocenters. The maximum atomic E-state index is 11.6. The molecule has 0 aliphatic carbocycles. The number of esters is 1. The third-order valence-electron chi connectivity index (χ3n) is 2.91. The van der Waals surface area contributed by atoms with E-state index in [2.05, 4.69) is 6.92 Å². The number of aromatic hydroxyl groups is 1. The van der Waals surface area contributed by atoms with Crippen molar-refractivity contribution in [2.24, 2.45) is 0 Å². The molecule has 0 spiro atoms. The number of unbranched alkanes of at least 4 members (excludes halogenated alkanes) is 3. The van der Waals surface area contributed by atoms with Gasteiger partial charge < -0.3 is 14.6 Å². The molecule has 0 saturated heterocycles. The Bertz CT molecular complexity index is 373. The third kappa shape index (κ3) is 7.14. The minimum Gasteiger partial charge on any atom is -0.508 e. The van der Waals surface area contributed by atoms with Crippen molar-refractivity contribution in [3.63, 3.8) is 0 Å². The van der Waals surface area contributed by atoms with Crippen molar-refractivity contribution in [1.29, 1.82) is 0 Å². The maximum absolute atomic E-state index is 11.6. The lowest BCUT2D eigenvalue weighted by molar-refractivity contribution is 0.0443. The third-order valence-corrected chi connectivity index (χ3v) is 2.91. The smallest absolute Gasteiger partial charge is 0.338 e. The highest BCUT2D eigenvalue weighted by Gasteiger charge is 2.06. The Kier molecular flexibility index (Phi) is 8.47. The number of carbonyl (C=O) groups is 1. The lowest BCUT2D eigenvalue weighted by Crippen LogP contribution is -2.08. The van der Waals surface area contributed by atoms with Gasteiger partial charge in [-0.15, -0.1) is 0 Å². The molecule has 0 aromatic heterocycles. The summed E-state index contributed by atoms with van der Waals surface area (Å²) in [7, 11) is 0. The Labute approximate surface area is 120 Å². The number of rotatable bonds is 10. The van der Waals surface area contributed by atoms with E-state index in [4.69, 9.17) is 14.6 Å². The quantitative estimate of drug-likeness (QED) is 0.526. The van der Waals surface area contributed by atoms with E-state index in [0.717, 1.165) is 13.0 Å². The van der Waals surface area contributed by atoms with Gasteiger partial charge in [0.25, 0.3) is 0 Å². The van der Waals surface area contributed by atoms with Crippen molar-refractivity contribution >= 4 is 5.97 Å². The largest absolute Gasteiger partial charge is 0.508 e. The standard InChI is InChI=1S/C16H24O4/c1-2-3-4-5-11-19-12-6-13-20-16(18)14-7-9-15(17)10-8-14/h7-10,17H,2-6,11-13H2,1H3. The highest BCUT2D eigenvalue weighted by molar-refractivity contribution is 5.89. The van der Waals surface area contributed by atoms with Gasteiger partial charge in [-0.25, -0.2) is 4.79 Å². The summed E-state index contributed by atoms with van der Waals surface area (Å²) in [4.78, 5) is 11.6. The highest BCUT2D eigenvalue weighted by Crippen LogP contribution is 2.10. The number of phenolic OH excluding ortho intramolecular Hbond substituents is 1. The molecule has 0 aliphatic rings. The van der Waals surface area contributed by atoms with Gasteiger partial charge in [0.05, 0.1) is 12.2 Å². The molecule has 0 heterocycles. The van der Waals surface area contributed by atoms with Crippen LogP contribution in [0.2, 0.25) is 0 Å². The van der Waals surface area contributed by atoms with Crippen LogP contribution in [0.15, 0.2) is 24.3 Å². The Balaban J connectivity index is 2.01. The Morgan fingerprint density at radius 1 is 1.00 bits per heavy atom. The molecule has 0 atom stereocenters. The van der Waals surface area contributed by atoms with Crippen LogP contribution < -0.4 is 0 Å². The molecule has 4 heteroatoms. The summed E-state index contributed by atoms with van der Waals surface area (Å²) in [6.45, 7) is 3.94. The molecule has 0 radical (unpaired) electrons. The van der Waals surface area contributed by atoms with Crippen LogP contribution >= 0.6 is 0 Å². The number of hydrogen-bond acceptors (Lipinski definition) is 4. The Morgan fingerprint density at radius 2 is 1.70 bits per heavy atom. The fourth-order valence-corrected chi connectivity index (χ4v) is 1.74. The monoisotopic (exact) mass is 280 g/mol. The summed E-state index contributed by atoms with van der Waals surface area (Å²) in [5.74, 6) is -0.231. The van der Waals surface area contributed by atoms with Gasteiger partial charge in [0, 0.05) is 19.6 Å². The molecular formula is C16H24O4. The second-order valence-electron chi connectivity index (χ2n) is 4.71. The molecule has 0 amide bonds. The van der Waals surface area contributed by atoms with Crippen LogP contribution in [0.3, 0.4) is 0 Å². The van der Waals surface area contributed by atoms with E-state index < -0.39 is 0 Å². The van der Waals surface area contributed by atoms with Crippen LogP contribution in [0.4, 0.5) is 0 Å². The van der Waals surface area contributed by atoms with Crippen LogP contribution in [0.25, 0.3) is 0 Å². The molecule has 1 aromatic carbocycles. The molecule has 0 bridgehead atoms. The lowest BCUT2D eigenvalue weighted by Gasteiger charge is -2.06. The van der Waals surface area contributed by atoms with Gasteiger partial charge in [-0.1, -0.05) is 26.2 Å². The molecule has 0 saturated carbocycles. The lowest BCUT2D eigenvalue weighted by atomic mass is 10.2. The normalized spacial score (nSPS) is 10.4. The van der Waals surface area contributed by atoms with Gasteiger partial charge in [-0.2, -0.15) is 0 Å². The topological polar surface area (TPSA) is 55.8 Å². The van der Waals surface area contributed by atoms with E-state index in [-0.39, 0.29) is 11.7 Å². The molecule has 1 rings (SSSR count). The van der Waals surface area contributed by atoms with E-state index >= 15 is 0 Å². The summed E-state index contributed by atoms with van der Waals surface area (Å²) < 4.78 is 10.6. The predicted octanol–water partition coefficient (Wildman–Crippen LogP) is 3.54.